The van der Waals surface area contributed by atoms with Gasteiger partial charge in [-0.15, -0.1) is 0 Å². The van der Waals surface area contributed by atoms with Gasteiger partial charge < -0.3 is 15.2 Å². The first-order chi connectivity index (χ1) is 8.38. The van der Waals surface area contributed by atoms with Crippen molar-refractivity contribution >= 4 is 5.97 Å². The fraction of sp³-hybridized carbons (Fsp3) is 0.538. The van der Waals surface area contributed by atoms with E-state index < -0.39 is 5.54 Å². The fourth-order valence-electron chi connectivity index (χ4n) is 1.78. The lowest BCUT2D eigenvalue weighted by molar-refractivity contribution is -0.141. The molecule has 5 heteroatoms. The number of ether oxygens (including phenoxy) is 2. The van der Waals surface area contributed by atoms with Crippen molar-refractivity contribution in [2.24, 2.45) is 5.73 Å². The maximum Gasteiger partial charge on any atom is 0.306 e. The number of carbonyl (C=O) groups excluding carboxylic acids is 1. The standard InChI is InChI=1S/C13H20N2O3/c1-13(2,14)10(7-12(16)18-4)9-5-6-11(17-3)15-8-9/h5-6,8,10H,7,14H2,1-4H3. The Labute approximate surface area is 107 Å². The average Bonchev–Trinajstić information content (AvgIpc) is 2.34. The number of esters is 1. The highest BCUT2D eigenvalue weighted by molar-refractivity contribution is 5.70. The largest absolute Gasteiger partial charge is 0.481 e. The third kappa shape index (κ3) is 3.70. The number of nitrogens with zero attached hydrogens (tertiary/aromatic N) is 1. The molecule has 0 aliphatic heterocycles. The van der Waals surface area contributed by atoms with Gasteiger partial charge in [-0.2, -0.15) is 0 Å². The Kier molecular flexibility index (Phi) is 4.67. The first kappa shape index (κ1) is 14.4. The minimum atomic E-state index is -0.537. The van der Waals surface area contributed by atoms with Gasteiger partial charge in [-0.1, -0.05) is 6.07 Å². The van der Waals surface area contributed by atoms with Gasteiger partial charge in [0, 0.05) is 23.7 Å². The summed E-state index contributed by atoms with van der Waals surface area (Å²) in [7, 11) is 2.93. The van der Waals surface area contributed by atoms with Crippen LogP contribution < -0.4 is 10.5 Å². The first-order valence-corrected chi connectivity index (χ1v) is 5.74. The Morgan fingerprint density at radius 3 is 2.50 bits per heavy atom. The Hall–Kier alpha value is -1.62. The van der Waals surface area contributed by atoms with Crippen LogP contribution in [0.25, 0.3) is 0 Å². The van der Waals surface area contributed by atoms with Crippen LogP contribution in [0.5, 0.6) is 5.88 Å². The molecule has 2 N–H and O–H groups in total. The Bertz CT molecular complexity index is 396. The SMILES string of the molecule is COC(=O)CC(c1ccc(OC)nc1)C(C)(C)N. The molecule has 0 spiro atoms. The van der Waals surface area contributed by atoms with Crippen molar-refractivity contribution < 1.29 is 14.3 Å². The van der Waals surface area contributed by atoms with E-state index in [9.17, 15) is 4.79 Å². The minimum Gasteiger partial charge on any atom is -0.481 e. The van der Waals surface area contributed by atoms with Crippen LogP contribution in [-0.2, 0) is 9.53 Å². The van der Waals surface area contributed by atoms with Gasteiger partial charge >= 0.3 is 5.97 Å². The van der Waals surface area contributed by atoms with Gasteiger partial charge in [-0.05, 0) is 19.4 Å². The molecule has 1 aromatic rings. The number of rotatable bonds is 5. The van der Waals surface area contributed by atoms with Crippen molar-refractivity contribution in [3.05, 3.63) is 23.9 Å². The van der Waals surface area contributed by atoms with E-state index in [1.165, 1.54) is 7.11 Å². The van der Waals surface area contributed by atoms with Crippen LogP contribution in [0.3, 0.4) is 0 Å². The lowest BCUT2D eigenvalue weighted by atomic mass is 9.81. The average molecular weight is 252 g/mol. The van der Waals surface area contributed by atoms with E-state index in [1.54, 1.807) is 19.4 Å². The molecule has 5 nitrogen and oxygen atoms in total. The van der Waals surface area contributed by atoms with Crippen LogP contribution in [0.2, 0.25) is 0 Å². The third-order valence-electron chi connectivity index (χ3n) is 2.87. The van der Waals surface area contributed by atoms with Gasteiger partial charge in [0.15, 0.2) is 0 Å². The maximum absolute atomic E-state index is 11.4. The number of hydrogen-bond donors (Lipinski definition) is 1. The van der Waals surface area contributed by atoms with Gasteiger partial charge in [0.2, 0.25) is 5.88 Å². The molecule has 100 valence electrons. The zero-order chi connectivity index (χ0) is 13.8. The smallest absolute Gasteiger partial charge is 0.306 e. The van der Waals surface area contributed by atoms with Crippen LogP contribution in [0, 0.1) is 0 Å². The van der Waals surface area contributed by atoms with E-state index in [0.29, 0.717) is 5.88 Å². The lowest BCUT2D eigenvalue weighted by Crippen LogP contribution is -2.40. The van der Waals surface area contributed by atoms with Gasteiger partial charge in [-0.25, -0.2) is 4.98 Å². The molecule has 0 radical (unpaired) electrons. The number of hydrogen-bond acceptors (Lipinski definition) is 5. The van der Waals surface area contributed by atoms with Gasteiger partial charge in [0.25, 0.3) is 0 Å². The predicted molar refractivity (Wildman–Crippen MR) is 68.4 cm³/mol. The van der Waals surface area contributed by atoms with E-state index in [4.69, 9.17) is 15.2 Å². The maximum atomic E-state index is 11.4. The molecule has 0 aliphatic rings. The van der Waals surface area contributed by atoms with E-state index in [0.717, 1.165) is 5.56 Å². The van der Waals surface area contributed by atoms with Crippen LogP contribution in [0.1, 0.15) is 31.7 Å². The van der Waals surface area contributed by atoms with Crippen molar-refractivity contribution in [2.75, 3.05) is 14.2 Å². The van der Waals surface area contributed by atoms with Crippen LogP contribution in [0.15, 0.2) is 18.3 Å². The Morgan fingerprint density at radius 2 is 2.11 bits per heavy atom. The summed E-state index contributed by atoms with van der Waals surface area (Å²) < 4.78 is 9.71. The molecule has 1 rings (SSSR count). The number of carbonyl (C=O) groups is 1. The summed E-state index contributed by atoms with van der Waals surface area (Å²) in [5.41, 5.74) is 6.48. The van der Waals surface area contributed by atoms with Crippen molar-refractivity contribution in [3.8, 4) is 5.88 Å². The second-order valence-corrected chi connectivity index (χ2v) is 4.79. The highest BCUT2D eigenvalue weighted by atomic mass is 16.5. The molecule has 0 amide bonds. The van der Waals surface area contributed by atoms with E-state index in [-0.39, 0.29) is 18.3 Å². The summed E-state index contributed by atoms with van der Waals surface area (Å²) >= 11 is 0. The van der Waals surface area contributed by atoms with Gasteiger partial charge in [-0.3, -0.25) is 4.79 Å². The van der Waals surface area contributed by atoms with Gasteiger partial charge in [0.1, 0.15) is 0 Å². The number of nitrogens with two attached hydrogens (primary N) is 1. The third-order valence-corrected chi connectivity index (χ3v) is 2.87. The minimum absolute atomic E-state index is 0.150. The first-order valence-electron chi connectivity index (χ1n) is 5.74. The molecule has 1 heterocycles. The second kappa shape index (κ2) is 5.82. The molecule has 0 aliphatic carbocycles. The summed E-state index contributed by atoms with van der Waals surface area (Å²) in [4.78, 5) is 15.6. The second-order valence-electron chi connectivity index (χ2n) is 4.79. The predicted octanol–water partition coefficient (Wildman–Crippen LogP) is 1.47. The lowest BCUT2D eigenvalue weighted by Gasteiger charge is -2.30. The zero-order valence-corrected chi connectivity index (χ0v) is 11.3. The van der Waals surface area contributed by atoms with Crippen molar-refractivity contribution in [2.45, 2.75) is 31.7 Å². The number of methoxy groups -OCH3 is 2. The quantitative estimate of drug-likeness (QED) is 0.803. The summed E-state index contributed by atoms with van der Waals surface area (Å²) in [5.74, 6) is 0.100. The summed E-state index contributed by atoms with van der Waals surface area (Å²) in [6.07, 6.45) is 1.91. The Morgan fingerprint density at radius 1 is 1.44 bits per heavy atom. The molecule has 1 aromatic heterocycles. The molecule has 0 fully saturated rings. The van der Waals surface area contributed by atoms with Crippen LogP contribution in [0.4, 0.5) is 0 Å². The molecule has 0 saturated carbocycles. The summed E-state index contributed by atoms with van der Waals surface area (Å²) in [6.45, 7) is 3.76. The summed E-state index contributed by atoms with van der Waals surface area (Å²) in [6, 6.07) is 3.62. The summed E-state index contributed by atoms with van der Waals surface area (Å²) in [5, 5.41) is 0. The van der Waals surface area contributed by atoms with Crippen LogP contribution >= 0.6 is 0 Å². The molecule has 0 aromatic carbocycles. The van der Waals surface area contributed by atoms with E-state index in [2.05, 4.69) is 4.98 Å². The molecule has 0 bridgehead atoms. The molecule has 18 heavy (non-hydrogen) atoms. The highest BCUT2D eigenvalue weighted by Gasteiger charge is 2.29. The molecule has 1 atom stereocenters. The monoisotopic (exact) mass is 252 g/mol. The molecule has 1 unspecified atom stereocenters. The van der Waals surface area contributed by atoms with Crippen molar-refractivity contribution in [1.82, 2.24) is 4.98 Å². The number of aromatic nitrogens is 1. The molecular formula is C13H20N2O3. The Balaban J connectivity index is 2.98. The molecule has 0 saturated heterocycles. The molecular weight excluding hydrogens is 232 g/mol. The van der Waals surface area contributed by atoms with Crippen LogP contribution in [-0.4, -0.2) is 30.7 Å². The zero-order valence-electron chi connectivity index (χ0n) is 11.3. The highest BCUT2D eigenvalue weighted by Crippen LogP contribution is 2.30. The topological polar surface area (TPSA) is 74.4 Å². The van der Waals surface area contributed by atoms with Crippen molar-refractivity contribution in [3.63, 3.8) is 0 Å². The van der Waals surface area contributed by atoms with Crippen molar-refractivity contribution in [1.29, 1.82) is 0 Å². The van der Waals surface area contributed by atoms with Gasteiger partial charge in [0.05, 0.1) is 20.6 Å². The normalized spacial score (nSPS) is 12.9. The fourth-order valence-corrected chi connectivity index (χ4v) is 1.78. The number of pyridine rings is 1. The van der Waals surface area contributed by atoms with E-state index >= 15 is 0 Å². The van der Waals surface area contributed by atoms with E-state index in [1.807, 2.05) is 19.9 Å².